The number of hydrogen-bond acceptors (Lipinski definition) is 3. The molecule has 1 aliphatic rings. The van der Waals surface area contributed by atoms with Crippen LogP contribution < -0.4 is 0 Å². The number of hydrogen-bond donors (Lipinski definition) is 1. The number of aryl methyl sites for hydroxylation is 2. The zero-order chi connectivity index (χ0) is 14.7. The van der Waals surface area contributed by atoms with E-state index in [1.54, 1.807) is 16.7 Å². The van der Waals surface area contributed by atoms with Crippen LogP contribution in [0.3, 0.4) is 0 Å². The lowest BCUT2D eigenvalue weighted by Crippen LogP contribution is -2.42. The van der Waals surface area contributed by atoms with Gasteiger partial charge in [-0.1, -0.05) is 15.9 Å². The van der Waals surface area contributed by atoms with Gasteiger partial charge >= 0.3 is 0 Å². The molecule has 1 aliphatic heterocycles. The fourth-order valence-corrected chi connectivity index (χ4v) is 3.79. The minimum atomic E-state index is -0.352. The largest absolute Gasteiger partial charge is 0.391 e. The van der Waals surface area contributed by atoms with Gasteiger partial charge in [-0.3, -0.25) is 4.79 Å². The molecule has 1 fully saturated rings. The molecule has 0 saturated carbocycles. The smallest absolute Gasteiger partial charge is 0.233 e. The highest BCUT2D eigenvalue weighted by molar-refractivity contribution is 9.10. The number of likely N-dealkylation sites (tertiary alicyclic amines) is 1. The van der Waals surface area contributed by atoms with Crippen LogP contribution >= 0.6 is 27.7 Å². The van der Waals surface area contributed by atoms with Gasteiger partial charge in [0.05, 0.1) is 11.9 Å². The Balaban J connectivity index is 1.95. The summed E-state index contributed by atoms with van der Waals surface area (Å²) in [5, 5.41) is 9.62. The Morgan fingerprint density at radius 2 is 2.20 bits per heavy atom. The standard InChI is InChI=1S/C15H20BrNO2S/c1-10-7-14(11(2)6-13(10)16)20-9-15(19)17-5-3-4-12(18)8-17/h6-7,12,18H,3-5,8-9H2,1-2H3. The number of piperidine rings is 1. The number of nitrogens with zero attached hydrogens (tertiary/aromatic N) is 1. The topological polar surface area (TPSA) is 40.5 Å². The van der Waals surface area contributed by atoms with Crippen LogP contribution in [-0.2, 0) is 4.79 Å². The maximum Gasteiger partial charge on any atom is 0.233 e. The average molecular weight is 358 g/mol. The van der Waals surface area contributed by atoms with Crippen molar-refractivity contribution < 1.29 is 9.90 Å². The molecule has 5 heteroatoms. The van der Waals surface area contributed by atoms with Gasteiger partial charge in [-0.2, -0.15) is 0 Å². The zero-order valence-corrected chi connectivity index (χ0v) is 14.3. The molecule has 1 heterocycles. The summed E-state index contributed by atoms with van der Waals surface area (Å²) in [6.07, 6.45) is 1.35. The summed E-state index contributed by atoms with van der Waals surface area (Å²) in [5.41, 5.74) is 2.36. The highest BCUT2D eigenvalue weighted by Crippen LogP contribution is 2.28. The van der Waals surface area contributed by atoms with Crippen LogP contribution in [0.5, 0.6) is 0 Å². The molecule has 1 aromatic rings. The van der Waals surface area contributed by atoms with Crippen molar-refractivity contribution in [3.8, 4) is 0 Å². The Morgan fingerprint density at radius 3 is 2.90 bits per heavy atom. The van der Waals surface area contributed by atoms with Crippen LogP contribution in [0.15, 0.2) is 21.5 Å². The van der Waals surface area contributed by atoms with E-state index in [9.17, 15) is 9.90 Å². The second kappa shape index (κ2) is 6.96. The lowest BCUT2D eigenvalue weighted by molar-refractivity contribution is -0.131. The van der Waals surface area contributed by atoms with Gasteiger partial charge in [-0.25, -0.2) is 0 Å². The van der Waals surface area contributed by atoms with E-state index in [0.29, 0.717) is 12.3 Å². The molecule has 0 spiro atoms. The Hall–Kier alpha value is -0.520. The lowest BCUT2D eigenvalue weighted by Gasteiger charge is -2.30. The Kier molecular flexibility index (Phi) is 5.52. The van der Waals surface area contributed by atoms with E-state index >= 15 is 0 Å². The number of rotatable bonds is 3. The summed E-state index contributed by atoms with van der Waals surface area (Å²) in [5.74, 6) is 0.558. The van der Waals surface area contributed by atoms with Crippen molar-refractivity contribution in [3.63, 3.8) is 0 Å². The Labute approximate surface area is 132 Å². The maximum atomic E-state index is 12.2. The Bertz CT molecular complexity index is 507. The zero-order valence-electron chi connectivity index (χ0n) is 11.9. The maximum absolute atomic E-state index is 12.2. The van der Waals surface area contributed by atoms with Gasteiger partial charge in [0.25, 0.3) is 0 Å². The summed E-state index contributed by atoms with van der Waals surface area (Å²) < 4.78 is 1.10. The number of carbonyl (C=O) groups excluding carboxylic acids is 1. The first-order chi connectivity index (χ1) is 9.47. The summed E-state index contributed by atoms with van der Waals surface area (Å²) in [4.78, 5) is 15.1. The van der Waals surface area contributed by atoms with Crippen LogP contribution in [0.25, 0.3) is 0 Å². The molecular weight excluding hydrogens is 338 g/mol. The molecule has 2 rings (SSSR count). The minimum Gasteiger partial charge on any atom is -0.391 e. The van der Waals surface area contributed by atoms with Crippen molar-refractivity contribution in [3.05, 3.63) is 27.7 Å². The molecule has 3 nitrogen and oxygen atoms in total. The third-order valence-corrected chi connectivity index (χ3v) is 5.55. The van der Waals surface area contributed by atoms with Gasteiger partial charge in [0.15, 0.2) is 0 Å². The summed E-state index contributed by atoms with van der Waals surface area (Å²) in [6.45, 7) is 5.37. The van der Waals surface area contributed by atoms with E-state index < -0.39 is 0 Å². The number of benzene rings is 1. The van der Waals surface area contributed by atoms with Crippen LogP contribution in [0, 0.1) is 13.8 Å². The predicted molar refractivity (Wildman–Crippen MR) is 86.2 cm³/mol. The third-order valence-electron chi connectivity index (χ3n) is 3.56. The number of amides is 1. The fourth-order valence-electron chi connectivity index (χ4n) is 2.32. The van der Waals surface area contributed by atoms with Crippen LogP contribution in [0.1, 0.15) is 24.0 Å². The van der Waals surface area contributed by atoms with Crippen molar-refractivity contribution in [1.82, 2.24) is 4.90 Å². The summed E-state index contributed by atoms with van der Waals surface area (Å²) in [7, 11) is 0. The molecule has 1 unspecified atom stereocenters. The molecule has 20 heavy (non-hydrogen) atoms. The van der Waals surface area contributed by atoms with Crippen molar-refractivity contribution in [2.75, 3.05) is 18.8 Å². The van der Waals surface area contributed by atoms with E-state index in [4.69, 9.17) is 0 Å². The van der Waals surface area contributed by atoms with E-state index in [1.165, 1.54) is 11.1 Å². The normalized spacial score (nSPS) is 19.2. The number of thioether (sulfide) groups is 1. The number of carbonyl (C=O) groups is 1. The monoisotopic (exact) mass is 357 g/mol. The molecule has 110 valence electrons. The quantitative estimate of drug-likeness (QED) is 0.844. The molecule has 0 bridgehead atoms. The van der Waals surface area contributed by atoms with Crippen LogP contribution in [0.2, 0.25) is 0 Å². The Morgan fingerprint density at radius 1 is 1.45 bits per heavy atom. The molecule has 1 atom stereocenters. The van der Waals surface area contributed by atoms with E-state index in [-0.39, 0.29) is 12.0 Å². The number of halogens is 1. The summed E-state index contributed by atoms with van der Waals surface area (Å²) >= 11 is 5.10. The highest BCUT2D eigenvalue weighted by atomic mass is 79.9. The molecule has 1 aromatic carbocycles. The van der Waals surface area contributed by atoms with Gasteiger partial charge in [-0.05, 0) is 49.9 Å². The molecule has 0 aromatic heterocycles. The molecule has 1 saturated heterocycles. The SMILES string of the molecule is Cc1cc(SCC(=O)N2CCCC(O)C2)c(C)cc1Br. The first kappa shape index (κ1) is 15.9. The van der Waals surface area contributed by atoms with Gasteiger partial charge in [0.2, 0.25) is 5.91 Å². The van der Waals surface area contributed by atoms with Gasteiger partial charge in [-0.15, -0.1) is 11.8 Å². The molecule has 1 amide bonds. The van der Waals surface area contributed by atoms with Gasteiger partial charge in [0, 0.05) is 22.5 Å². The average Bonchev–Trinajstić information content (AvgIpc) is 2.41. The lowest BCUT2D eigenvalue weighted by atomic mass is 10.1. The third kappa shape index (κ3) is 3.99. The van der Waals surface area contributed by atoms with Crippen molar-refractivity contribution in [2.45, 2.75) is 37.7 Å². The fraction of sp³-hybridized carbons (Fsp3) is 0.533. The molecular formula is C15H20BrNO2S. The minimum absolute atomic E-state index is 0.119. The molecule has 1 N–H and O–H groups in total. The first-order valence-electron chi connectivity index (χ1n) is 6.82. The van der Waals surface area contributed by atoms with Crippen molar-refractivity contribution >= 4 is 33.6 Å². The van der Waals surface area contributed by atoms with Crippen molar-refractivity contribution in [2.24, 2.45) is 0 Å². The van der Waals surface area contributed by atoms with E-state index in [2.05, 4.69) is 41.9 Å². The molecule has 0 aliphatic carbocycles. The highest BCUT2D eigenvalue weighted by Gasteiger charge is 2.22. The van der Waals surface area contributed by atoms with E-state index in [0.717, 1.165) is 28.8 Å². The second-order valence-electron chi connectivity index (χ2n) is 5.29. The van der Waals surface area contributed by atoms with Crippen molar-refractivity contribution in [1.29, 1.82) is 0 Å². The van der Waals surface area contributed by atoms with Gasteiger partial charge in [0.1, 0.15) is 0 Å². The molecule has 0 radical (unpaired) electrons. The number of β-amino-alcohol motifs (C(OH)–C–C–N with tert-alkyl or cyclic N) is 1. The number of aliphatic hydroxyl groups excluding tert-OH is 1. The van der Waals surface area contributed by atoms with Crippen LogP contribution in [-0.4, -0.2) is 40.9 Å². The first-order valence-corrected chi connectivity index (χ1v) is 8.60. The predicted octanol–water partition coefficient (Wildman–Crippen LogP) is 3.14. The summed E-state index contributed by atoms with van der Waals surface area (Å²) in [6, 6.07) is 4.20. The number of aliphatic hydroxyl groups is 1. The second-order valence-corrected chi connectivity index (χ2v) is 7.16. The van der Waals surface area contributed by atoms with E-state index in [1.807, 2.05) is 0 Å². The van der Waals surface area contributed by atoms with Gasteiger partial charge < -0.3 is 10.0 Å². The van der Waals surface area contributed by atoms with Crippen LogP contribution in [0.4, 0.5) is 0 Å².